The molecule has 11 heteroatoms. The second-order valence-corrected chi connectivity index (χ2v) is 11.0. The number of para-hydroxylation sites is 1. The number of aryl methyl sites for hydroxylation is 1. The first-order valence-corrected chi connectivity index (χ1v) is 14.5. The molecule has 0 aliphatic carbocycles. The summed E-state index contributed by atoms with van der Waals surface area (Å²) < 4.78 is 43.0. The number of rotatable bonds is 9. The van der Waals surface area contributed by atoms with E-state index in [4.69, 9.17) is 9.15 Å². The predicted molar refractivity (Wildman–Crippen MR) is 163 cm³/mol. The molecule has 3 aromatic carbocycles. The van der Waals surface area contributed by atoms with Crippen LogP contribution in [0.2, 0.25) is 0 Å². The third-order valence-corrected chi connectivity index (χ3v) is 7.68. The maximum Gasteiger partial charge on any atom is 0.308 e. The molecule has 0 aliphatic rings. The number of benzene rings is 3. The van der Waals surface area contributed by atoms with Crippen molar-refractivity contribution in [2.45, 2.75) is 32.4 Å². The second-order valence-electron chi connectivity index (χ2n) is 10.1. The molecule has 226 valence electrons. The maximum absolute atomic E-state index is 15.8. The number of hydrogen-bond acceptors (Lipinski definition) is 6. The Morgan fingerprint density at radius 2 is 1.84 bits per heavy atom. The van der Waals surface area contributed by atoms with Crippen molar-refractivity contribution in [2.24, 2.45) is 0 Å². The number of esters is 1. The zero-order valence-electron chi connectivity index (χ0n) is 23.6. The van der Waals surface area contributed by atoms with Crippen molar-refractivity contribution < 1.29 is 32.6 Å². The molecule has 5 aromatic rings. The van der Waals surface area contributed by atoms with E-state index in [0.717, 1.165) is 10.6 Å². The van der Waals surface area contributed by atoms with Gasteiger partial charge in [0.05, 0.1) is 25.3 Å². The number of amides is 1. The van der Waals surface area contributed by atoms with Gasteiger partial charge < -0.3 is 19.6 Å². The first-order chi connectivity index (χ1) is 21.1. The number of nitrogens with one attached hydrogen (secondary N) is 1. The summed E-state index contributed by atoms with van der Waals surface area (Å²) >= 11 is 3.29. The Bertz CT molecular complexity index is 1940. The molecular formula is C33H27BrF2N2O6. The van der Waals surface area contributed by atoms with Crippen LogP contribution in [0.15, 0.2) is 92.9 Å². The zero-order chi connectivity index (χ0) is 31.5. The number of ether oxygens (including phenoxy) is 1. The SMILES string of the molecule is CCOC(=O)C[C@H](NC(=O)C(c1cc(Br)ccc1F)n1ccc2ccoc2c1=O)c1cc(-c2ccccc2O)cc(C)c1F. The summed E-state index contributed by atoms with van der Waals surface area (Å²) in [6.07, 6.45) is 2.19. The Morgan fingerprint density at radius 1 is 1.07 bits per heavy atom. The lowest BCUT2D eigenvalue weighted by Crippen LogP contribution is -2.40. The summed E-state index contributed by atoms with van der Waals surface area (Å²) in [4.78, 5) is 40.3. The van der Waals surface area contributed by atoms with Crippen LogP contribution in [-0.2, 0) is 14.3 Å². The fraction of sp³-hybridized carbons (Fsp3) is 0.182. The van der Waals surface area contributed by atoms with Crippen molar-refractivity contribution in [1.29, 1.82) is 0 Å². The number of phenolic OH excluding ortho intramolecular Hbond substituents is 1. The summed E-state index contributed by atoms with van der Waals surface area (Å²) in [6.45, 7) is 3.17. The highest BCUT2D eigenvalue weighted by Gasteiger charge is 2.32. The van der Waals surface area contributed by atoms with Gasteiger partial charge in [0.2, 0.25) is 5.91 Å². The summed E-state index contributed by atoms with van der Waals surface area (Å²) in [6, 6.07) is 13.6. The van der Waals surface area contributed by atoms with Crippen LogP contribution in [0.25, 0.3) is 22.1 Å². The Morgan fingerprint density at radius 3 is 2.59 bits per heavy atom. The molecule has 0 saturated heterocycles. The topological polar surface area (TPSA) is 111 Å². The molecule has 2 atom stereocenters. The van der Waals surface area contributed by atoms with E-state index in [2.05, 4.69) is 21.2 Å². The highest BCUT2D eigenvalue weighted by atomic mass is 79.9. The zero-order valence-corrected chi connectivity index (χ0v) is 25.2. The molecule has 0 saturated carbocycles. The van der Waals surface area contributed by atoms with Gasteiger partial charge in [0.25, 0.3) is 5.56 Å². The van der Waals surface area contributed by atoms with Gasteiger partial charge in [0, 0.05) is 32.7 Å². The van der Waals surface area contributed by atoms with Gasteiger partial charge in [-0.15, -0.1) is 0 Å². The van der Waals surface area contributed by atoms with Crippen LogP contribution in [0.3, 0.4) is 0 Å². The summed E-state index contributed by atoms with van der Waals surface area (Å²) in [7, 11) is 0. The minimum atomic E-state index is -1.58. The molecule has 44 heavy (non-hydrogen) atoms. The van der Waals surface area contributed by atoms with Crippen LogP contribution < -0.4 is 10.9 Å². The molecule has 0 fully saturated rings. The number of aromatic hydroxyl groups is 1. The average Bonchev–Trinajstić information content (AvgIpc) is 3.47. The quantitative estimate of drug-likeness (QED) is 0.169. The van der Waals surface area contributed by atoms with Gasteiger partial charge in [-0.1, -0.05) is 34.1 Å². The first-order valence-electron chi connectivity index (χ1n) is 13.7. The molecule has 2 N–H and O–H groups in total. The minimum absolute atomic E-state index is 0.0409. The normalized spacial score (nSPS) is 12.6. The molecule has 0 radical (unpaired) electrons. The van der Waals surface area contributed by atoms with E-state index in [1.807, 2.05) is 0 Å². The summed E-state index contributed by atoms with van der Waals surface area (Å²) in [5, 5.41) is 13.6. The Hall–Kier alpha value is -4.77. The lowest BCUT2D eigenvalue weighted by Gasteiger charge is -2.26. The van der Waals surface area contributed by atoms with Crippen LogP contribution >= 0.6 is 15.9 Å². The highest BCUT2D eigenvalue weighted by Crippen LogP contribution is 2.35. The molecule has 0 aliphatic heterocycles. The van der Waals surface area contributed by atoms with Gasteiger partial charge in [-0.2, -0.15) is 0 Å². The van der Waals surface area contributed by atoms with Crippen molar-refractivity contribution >= 4 is 38.8 Å². The van der Waals surface area contributed by atoms with Crippen LogP contribution in [0, 0.1) is 18.6 Å². The van der Waals surface area contributed by atoms with Crippen molar-refractivity contribution in [3.8, 4) is 16.9 Å². The number of carbonyl (C=O) groups excluding carboxylic acids is 2. The third-order valence-electron chi connectivity index (χ3n) is 7.18. The van der Waals surface area contributed by atoms with Gasteiger partial charge in [-0.3, -0.25) is 19.0 Å². The van der Waals surface area contributed by atoms with E-state index in [-0.39, 0.29) is 34.6 Å². The van der Waals surface area contributed by atoms with E-state index in [1.54, 1.807) is 37.3 Å². The van der Waals surface area contributed by atoms with Crippen LogP contribution in [0.4, 0.5) is 8.78 Å². The molecule has 8 nitrogen and oxygen atoms in total. The number of phenols is 1. The van der Waals surface area contributed by atoms with Crippen molar-refractivity contribution in [1.82, 2.24) is 9.88 Å². The second kappa shape index (κ2) is 12.8. The molecule has 2 heterocycles. The molecular weight excluding hydrogens is 638 g/mol. The minimum Gasteiger partial charge on any atom is -0.507 e. The average molecular weight is 665 g/mol. The maximum atomic E-state index is 15.8. The number of carbonyl (C=O) groups is 2. The van der Waals surface area contributed by atoms with Gasteiger partial charge in [0.1, 0.15) is 23.4 Å². The van der Waals surface area contributed by atoms with E-state index in [0.29, 0.717) is 21.0 Å². The molecule has 1 unspecified atom stereocenters. The van der Waals surface area contributed by atoms with E-state index in [9.17, 15) is 19.5 Å². The summed E-state index contributed by atoms with van der Waals surface area (Å²) in [5.74, 6) is -3.13. The van der Waals surface area contributed by atoms with Crippen LogP contribution in [0.1, 0.15) is 42.1 Å². The summed E-state index contributed by atoms with van der Waals surface area (Å²) in [5.41, 5.74) is 0.0854. The smallest absolute Gasteiger partial charge is 0.308 e. The molecule has 5 rings (SSSR count). The fourth-order valence-corrected chi connectivity index (χ4v) is 5.49. The van der Waals surface area contributed by atoms with Crippen LogP contribution in [-0.4, -0.2) is 28.2 Å². The number of aromatic nitrogens is 1. The number of furan rings is 1. The van der Waals surface area contributed by atoms with E-state index >= 15 is 8.78 Å². The van der Waals surface area contributed by atoms with Gasteiger partial charge >= 0.3 is 5.97 Å². The van der Waals surface area contributed by atoms with Gasteiger partial charge in [-0.25, -0.2) is 8.78 Å². The van der Waals surface area contributed by atoms with Crippen molar-refractivity contribution in [2.75, 3.05) is 6.61 Å². The highest BCUT2D eigenvalue weighted by molar-refractivity contribution is 9.10. The molecule has 0 bridgehead atoms. The van der Waals surface area contributed by atoms with E-state index in [1.165, 1.54) is 49.7 Å². The van der Waals surface area contributed by atoms with Crippen LogP contribution in [0.5, 0.6) is 5.75 Å². The molecule has 0 spiro atoms. The van der Waals surface area contributed by atoms with Gasteiger partial charge in [-0.05, 0) is 73.5 Å². The molecule has 1 amide bonds. The van der Waals surface area contributed by atoms with Crippen molar-refractivity contribution in [3.05, 3.63) is 122 Å². The predicted octanol–water partition coefficient (Wildman–Crippen LogP) is 6.72. The Kier molecular flexibility index (Phi) is 8.96. The van der Waals surface area contributed by atoms with Gasteiger partial charge in [0.15, 0.2) is 5.58 Å². The third kappa shape index (κ3) is 6.14. The Balaban J connectivity index is 1.65. The molecule has 2 aromatic heterocycles. The number of halogens is 3. The number of nitrogens with zero attached hydrogens (tertiary/aromatic N) is 1. The number of fused-ring (bicyclic) bond motifs is 1. The monoisotopic (exact) mass is 664 g/mol. The van der Waals surface area contributed by atoms with E-state index < -0.39 is 47.6 Å². The Labute approximate surface area is 259 Å². The lowest BCUT2D eigenvalue weighted by atomic mass is 9.93. The lowest BCUT2D eigenvalue weighted by molar-refractivity contribution is -0.143. The standard InChI is InChI=1S/C33H27BrF2N2O6/c1-3-43-28(40)17-26(24-15-20(14-18(2)29(24)36)22-6-4-5-7-27(22)39)37-32(41)30(23-16-21(34)8-9-25(23)35)38-12-10-19-11-13-44-31(19)33(38)42/h4-16,26,30,39H,3,17H2,1-2H3,(H,37,41)/t26-,30?/m0/s1. The fourth-order valence-electron chi connectivity index (χ4n) is 5.11. The number of hydrogen-bond donors (Lipinski definition) is 2. The largest absolute Gasteiger partial charge is 0.507 e. The first kappa shape index (κ1) is 30.7. The number of pyridine rings is 1. The van der Waals surface area contributed by atoms with Crippen molar-refractivity contribution in [3.63, 3.8) is 0 Å².